The van der Waals surface area contributed by atoms with Crippen LogP contribution >= 0.6 is 11.3 Å². The number of carbonyl (C=O) groups is 2. The smallest absolute Gasteiger partial charge is 0.426 e. The van der Waals surface area contributed by atoms with Crippen molar-refractivity contribution in [3.8, 4) is 17.3 Å². The van der Waals surface area contributed by atoms with Gasteiger partial charge in [0, 0.05) is 17.6 Å². The molecule has 2 amide bonds. The van der Waals surface area contributed by atoms with Gasteiger partial charge >= 0.3 is 6.09 Å². The Morgan fingerprint density at radius 2 is 2.00 bits per heavy atom. The maximum Gasteiger partial charge on any atom is 0.426 e. The standard InChI is InChI=1S/C21H22N6O4S/c1-14-18(17-13-32-15(2)23-17)19(26-31-14)20(28)24-25-21(29)30-12-11-27(10-6-9-22)16-7-4-3-5-8-16/h3-5,7-8,13H,6,10-12H2,1-2H3,(H,24,28)(H,25,29). The van der Waals surface area contributed by atoms with Crippen molar-refractivity contribution in [1.82, 2.24) is 21.0 Å². The molecule has 0 aliphatic carbocycles. The summed E-state index contributed by atoms with van der Waals surface area (Å²) in [5.74, 6) is -0.208. The molecule has 0 saturated heterocycles. The van der Waals surface area contributed by atoms with Crippen molar-refractivity contribution in [2.75, 3.05) is 24.6 Å². The monoisotopic (exact) mass is 454 g/mol. The fourth-order valence-electron chi connectivity index (χ4n) is 2.95. The second-order valence-corrected chi connectivity index (χ2v) is 7.72. The molecule has 0 saturated carbocycles. The molecule has 166 valence electrons. The second kappa shape index (κ2) is 10.9. The van der Waals surface area contributed by atoms with Gasteiger partial charge in [0.2, 0.25) is 0 Å². The van der Waals surface area contributed by atoms with Gasteiger partial charge in [-0.25, -0.2) is 15.2 Å². The molecular formula is C21H22N6O4S. The predicted molar refractivity (Wildman–Crippen MR) is 118 cm³/mol. The van der Waals surface area contributed by atoms with E-state index in [-0.39, 0.29) is 12.3 Å². The zero-order chi connectivity index (χ0) is 22.9. The lowest BCUT2D eigenvalue weighted by Crippen LogP contribution is -2.43. The van der Waals surface area contributed by atoms with Gasteiger partial charge in [0.25, 0.3) is 5.91 Å². The third kappa shape index (κ3) is 5.83. The molecule has 3 aromatic rings. The first-order valence-corrected chi connectivity index (χ1v) is 10.7. The number of nitrogens with zero attached hydrogens (tertiary/aromatic N) is 4. The van der Waals surface area contributed by atoms with Gasteiger partial charge in [-0.2, -0.15) is 5.26 Å². The van der Waals surface area contributed by atoms with Crippen molar-refractivity contribution in [3.05, 3.63) is 52.2 Å². The normalized spacial score (nSPS) is 10.3. The number of aromatic nitrogens is 2. The maximum atomic E-state index is 12.5. The van der Waals surface area contributed by atoms with E-state index in [1.807, 2.05) is 42.2 Å². The molecular weight excluding hydrogens is 432 g/mol. The van der Waals surface area contributed by atoms with Crippen LogP contribution in [0.1, 0.15) is 27.7 Å². The van der Waals surface area contributed by atoms with Gasteiger partial charge < -0.3 is 14.2 Å². The Balaban J connectivity index is 1.51. The zero-order valence-corrected chi connectivity index (χ0v) is 18.4. The molecule has 0 fully saturated rings. The van der Waals surface area contributed by atoms with E-state index in [1.165, 1.54) is 11.3 Å². The maximum absolute atomic E-state index is 12.5. The number of rotatable bonds is 8. The summed E-state index contributed by atoms with van der Waals surface area (Å²) in [5.41, 5.74) is 6.45. The lowest BCUT2D eigenvalue weighted by atomic mass is 10.1. The Bertz CT molecular complexity index is 1110. The lowest BCUT2D eigenvalue weighted by molar-refractivity contribution is 0.0902. The molecule has 0 aliphatic heterocycles. The third-order valence-electron chi connectivity index (χ3n) is 4.44. The van der Waals surface area contributed by atoms with Gasteiger partial charge in [-0.05, 0) is 26.0 Å². The van der Waals surface area contributed by atoms with Crippen LogP contribution in [0.25, 0.3) is 11.3 Å². The first kappa shape index (κ1) is 22.8. The van der Waals surface area contributed by atoms with Crippen molar-refractivity contribution in [3.63, 3.8) is 0 Å². The van der Waals surface area contributed by atoms with E-state index in [9.17, 15) is 9.59 Å². The number of hydrazine groups is 1. The van der Waals surface area contributed by atoms with Crippen molar-refractivity contribution in [2.45, 2.75) is 20.3 Å². The molecule has 11 heteroatoms. The summed E-state index contributed by atoms with van der Waals surface area (Å²) in [6, 6.07) is 11.6. The Morgan fingerprint density at radius 1 is 1.22 bits per heavy atom. The number of para-hydroxylation sites is 1. The first-order chi connectivity index (χ1) is 15.5. The number of hydrogen-bond acceptors (Lipinski definition) is 9. The van der Waals surface area contributed by atoms with Crippen LogP contribution in [-0.4, -0.2) is 41.8 Å². The van der Waals surface area contributed by atoms with Crippen LogP contribution < -0.4 is 15.8 Å². The zero-order valence-electron chi connectivity index (χ0n) is 17.6. The molecule has 10 nitrogen and oxygen atoms in total. The Kier molecular flexibility index (Phi) is 7.77. The number of ether oxygens (including phenoxy) is 1. The highest BCUT2D eigenvalue weighted by Crippen LogP contribution is 2.28. The van der Waals surface area contributed by atoms with E-state index in [2.05, 4.69) is 27.1 Å². The Hall–Kier alpha value is -3.91. The van der Waals surface area contributed by atoms with E-state index >= 15 is 0 Å². The highest BCUT2D eigenvalue weighted by atomic mass is 32.1. The van der Waals surface area contributed by atoms with Crippen LogP contribution in [0.2, 0.25) is 0 Å². The fourth-order valence-corrected chi connectivity index (χ4v) is 3.56. The number of nitriles is 1. The second-order valence-electron chi connectivity index (χ2n) is 6.66. The van der Waals surface area contributed by atoms with Gasteiger partial charge in [0.15, 0.2) is 5.69 Å². The van der Waals surface area contributed by atoms with Crippen molar-refractivity contribution >= 4 is 29.0 Å². The minimum absolute atomic E-state index is 0.0138. The van der Waals surface area contributed by atoms with Crippen LogP contribution in [0.4, 0.5) is 10.5 Å². The number of thiazole rings is 1. The number of carbonyl (C=O) groups excluding carboxylic acids is 2. The molecule has 2 N–H and O–H groups in total. The quantitative estimate of drug-likeness (QED) is 0.496. The average Bonchev–Trinajstić information content (AvgIpc) is 3.40. The molecule has 0 radical (unpaired) electrons. The summed E-state index contributed by atoms with van der Waals surface area (Å²) >= 11 is 1.44. The Labute approximate surface area is 188 Å². The lowest BCUT2D eigenvalue weighted by Gasteiger charge is -2.23. The molecule has 0 spiro atoms. The van der Waals surface area contributed by atoms with E-state index in [4.69, 9.17) is 14.5 Å². The molecule has 32 heavy (non-hydrogen) atoms. The molecule has 2 heterocycles. The number of hydrogen-bond donors (Lipinski definition) is 2. The van der Waals surface area contributed by atoms with Crippen LogP contribution in [-0.2, 0) is 4.74 Å². The molecule has 3 rings (SSSR count). The first-order valence-electron chi connectivity index (χ1n) is 9.78. The third-order valence-corrected chi connectivity index (χ3v) is 5.21. The van der Waals surface area contributed by atoms with E-state index in [0.29, 0.717) is 36.5 Å². The number of anilines is 1. The topological polar surface area (TPSA) is 133 Å². The highest BCUT2D eigenvalue weighted by Gasteiger charge is 2.23. The molecule has 1 aromatic carbocycles. The van der Waals surface area contributed by atoms with E-state index < -0.39 is 12.0 Å². The molecule has 2 aromatic heterocycles. The van der Waals surface area contributed by atoms with E-state index in [1.54, 1.807) is 12.3 Å². The average molecular weight is 455 g/mol. The molecule has 0 aliphatic rings. The summed E-state index contributed by atoms with van der Waals surface area (Å²) in [4.78, 5) is 30.8. The van der Waals surface area contributed by atoms with Crippen molar-refractivity contribution in [2.24, 2.45) is 0 Å². The SMILES string of the molecule is Cc1nc(-c2c(C(=O)NNC(=O)OCCN(CCC#N)c3ccccc3)noc2C)cs1. The van der Waals surface area contributed by atoms with Gasteiger partial charge in [-0.1, -0.05) is 23.4 Å². The Morgan fingerprint density at radius 3 is 2.69 bits per heavy atom. The predicted octanol–water partition coefficient (Wildman–Crippen LogP) is 3.21. The fraction of sp³-hybridized carbons (Fsp3) is 0.286. The summed E-state index contributed by atoms with van der Waals surface area (Å²) in [6.07, 6.45) is -0.479. The largest absolute Gasteiger partial charge is 0.446 e. The minimum Gasteiger partial charge on any atom is -0.446 e. The van der Waals surface area contributed by atoms with Crippen molar-refractivity contribution < 1.29 is 18.8 Å². The molecule has 0 unspecified atom stereocenters. The summed E-state index contributed by atoms with van der Waals surface area (Å²) in [5, 5.41) is 15.3. The van der Waals surface area contributed by atoms with Gasteiger partial charge in [-0.3, -0.25) is 10.2 Å². The summed E-state index contributed by atoms with van der Waals surface area (Å²) in [7, 11) is 0. The van der Waals surface area contributed by atoms with Gasteiger partial charge in [0.05, 0.1) is 35.3 Å². The van der Waals surface area contributed by atoms with Gasteiger partial charge in [0.1, 0.15) is 12.4 Å². The van der Waals surface area contributed by atoms with E-state index in [0.717, 1.165) is 10.7 Å². The van der Waals surface area contributed by atoms with Gasteiger partial charge in [-0.15, -0.1) is 11.3 Å². The van der Waals surface area contributed by atoms with Crippen molar-refractivity contribution in [1.29, 1.82) is 5.26 Å². The highest BCUT2D eigenvalue weighted by molar-refractivity contribution is 7.09. The summed E-state index contributed by atoms with van der Waals surface area (Å²) in [6.45, 7) is 4.50. The number of nitrogens with one attached hydrogen (secondary N) is 2. The van der Waals surface area contributed by atoms with Crippen LogP contribution in [0, 0.1) is 25.2 Å². The molecule has 0 atom stereocenters. The van der Waals surface area contributed by atoms with Crippen LogP contribution in [0.3, 0.4) is 0 Å². The number of benzene rings is 1. The van der Waals surface area contributed by atoms with Crippen LogP contribution in [0.15, 0.2) is 40.2 Å². The summed E-state index contributed by atoms with van der Waals surface area (Å²) < 4.78 is 10.3. The van der Waals surface area contributed by atoms with Crippen LogP contribution in [0.5, 0.6) is 0 Å². The number of aryl methyl sites for hydroxylation is 2. The number of amides is 2. The molecule has 0 bridgehead atoms. The minimum atomic E-state index is -0.821.